The van der Waals surface area contributed by atoms with E-state index in [1.807, 2.05) is 25.8 Å². The number of alkyl halides is 3. The topological polar surface area (TPSA) is 3.24 Å². The first-order valence-corrected chi connectivity index (χ1v) is 4.75. The molecule has 13 heavy (non-hydrogen) atoms. The fraction of sp³-hybridized carbons (Fsp3) is 1.00. The molecule has 0 aromatic carbocycles. The van der Waals surface area contributed by atoms with Crippen molar-refractivity contribution in [2.75, 3.05) is 20.1 Å². The SMILES string of the molecule is CC.CN1CCC(C(F)(F)F)CC1. The van der Waals surface area contributed by atoms with Crippen LogP contribution in [0.25, 0.3) is 0 Å². The molecule has 1 fully saturated rings. The van der Waals surface area contributed by atoms with Gasteiger partial charge in [0.15, 0.2) is 0 Å². The predicted octanol–water partition coefficient (Wildman–Crippen LogP) is 2.92. The molecular formula is C9H18F3N. The van der Waals surface area contributed by atoms with E-state index in [4.69, 9.17) is 0 Å². The number of piperidine rings is 1. The van der Waals surface area contributed by atoms with Gasteiger partial charge in [0.2, 0.25) is 0 Å². The molecule has 1 saturated heterocycles. The molecule has 1 nitrogen and oxygen atoms in total. The summed E-state index contributed by atoms with van der Waals surface area (Å²) in [6, 6.07) is 0. The second-order valence-electron chi connectivity index (χ2n) is 3.12. The third kappa shape index (κ3) is 4.50. The zero-order chi connectivity index (χ0) is 10.5. The lowest BCUT2D eigenvalue weighted by atomic mass is 9.97. The van der Waals surface area contributed by atoms with Gasteiger partial charge in [-0.25, -0.2) is 0 Å². The Kier molecular flexibility index (Phi) is 5.37. The van der Waals surface area contributed by atoms with Gasteiger partial charge in [-0.3, -0.25) is 0 Å². The van der Waals surface area contributed by atoms with Crippen molar-refractivity contribution < 1.29 is 13.2 Å². The number of nitrogens with zero attached hydrogens (tertiary/aromatic N) is 1. The highest BCUT2D eigenvalue weighted by Gasteiger charge is 2.40. The average Bonchev–Trinajstić information content (AvgIpc) is 2.07. The van der Waals surface area contributed by atoms with Crippen LogP contribution in [-0.2, 0) is 0 Å². The third-order valence-corrected chi connectivity index (χ3v) is 2.18. The molecule has 0 N–H and O–H groups in total. The van der Waals surface area contributed by atoms with Crippen molar-refractivity contribution in [2.24, 2.45) is 5.92 Å². The van der Waals surface area contributed by atoms with Gasteiger partial charge in [-0.15, -0.1) is 0 Å². The quantitative estimate of drug-likeness (QED) is 0.577. The molecule has 0 saturated carbocycles. The van der Waals surface area contributed by atoms with Crippen molar-refractivity contribution in [1.29, 1.82) is 0 Å². The first-order chi connectivity index (χ1) is 6.00. The summed E-state index contributed by atoms with van der Waals surface area (Å²) in [7, 11) is 1.85. The molecule has 1 rings (SSSR count). The summed E-state index contributed by atoms with van der Waals surface area (Å²) in [6.45, 7) is 5.15. The number of hydrogen-bond acceptors (Lipinski definition) is 1. The van der Waals surface area contributed by atoms with Crippen LogP contribution in [0.2, 0.25) is 0 Å². The van der Waals surface area contributed by atoms with Crippen LogP contribution in [0.5, 0.6) is 0 Å². The number of halogens is 3. The fourth-order valence-electron chi connectivity index (χ4n) is 1.34. The van der Waals surface area contributed by atoms with Gasteiger partial charge >= 0.3 is 6.18 Å². The molecule has 0 atom stereocenters. The van der Waals surface area contributed by atoms with Crippen LogP contribution in [0, 0.1) is 5.92 Å². The summed E-state index contributed by atoms with van der Waals surface area (Å²) in [5.41, 5.74) is 0. The number of rotatable bonds is 0. The maximum Gasteiger partial charge on any atom is 0.391 e. The van der Waals surface area contributed by atoms with Crippen LogP contribution in [-0.4, -0.2) is 31.2 Å². The highest BCUT2D eigenvalue weighted by atomic mass is 19.4. The van der Waals surface area contributed by atoms with E-state index in [1.54, 1.807) is 0 Å². The van der Waals surface area contributed by atoms with Crippen LogP contribution in [0.1, 0.15) is 26.7 Å². The van der Waals surface area contributed by atoms with Crippen LogP contribution < -0.4 is 0 Å². The summed E-state index contributed by atoms with van der Waals surface area (Å²) in [5.74, 6) is -1.06. The first kappa shape index (κ1) is 12.8. The van der Waals surface area contributed by atoms with E-state index >= 15 is 0 Å². The van der Waals surface area contributed by atoms with E-state index in [2.05, 4.69) is 0 Å². The highest BCUT2D eigenvalue weighted by Crippen LogP contribution is 2.33. The van der Waals surface area contributed by atoms with E-state index < -0.39 is 12.1 Å². The predicted molar refractivity (Wildman–Crippen MR) is 47.6 cm³/mol. The molecule has 0 bridgehead atoms. The molecule has 80 valence electrons. The lowest BCUT2D eigenvalue weighted by Gasteiger charge is -2.30. The van der Waals surface area contributed by atoms with Gasteiger partial charge in [0, 0.05) is 0 Å². The standard InChI is InChI=1S/C7H12F3N.C2H6/c1-11-4-2-6(3-5-11)7(8,9)10;1-2/h6H,2-5H2,1H3;1-2H3. The Labute approximate surface area is 77.9 Å². The van der Waals surface area contributed by atoms with Gasteiger partial charge in [-0.05, 0) is 33.0 Å². The number of hydrogen-bond donors (Lipinski definition) is 0. The van der Waals surface area contributed by atoms with Crippen LogP contribution >= 0.6 is 0 Å². The maximum atomic E-state index is 12.0. The minimum Gasteiger partial charge on any atom is -0.306 e. The van der Waals surface area contributed by atoms with E-state index in [1.165, 1.54) is 0 Å². The highest BCUT2D eigenvalue weighted by molar-refractivity contribution is 4.75. The summed E-state index contributed by atoms with van der Waals surface area (Å²) in [6.07, 6.45) is -3.44. The molecular weight excluding hydrogens is 179 g/mol. The molecule has 1 heterocycles. The number of likely N-dealkylation sites (tertiary alicyclic amines) is 1. The third-order valence-electron chi connectivity index (χ3n) is 2.18. The van der Waals surface area contributed by atoms with Gasteiger partial charge in [-0.2, -0.15) is 13.2 Å². The van der Waals surface area contributed by atoms with Crippen molar-refractivity contribution >= 4 is 0 Å². The molecule has 0 spiro atoms. The van der Waals surface area contributed by atoms with Gasteiger partial charge in [-0.1, -0.05) is 13.8 Å². The molecule has 1 aliphatic rings. The Morgan fingerprint density at radius 1 is 1.08 bits per heavy atom. The van der Waals surface area contributed by atoms with Crippen molar-refractivity contribution in [3.63, 3.8) is 0 Å². The van der Waals surface area contributed by atoms with Crippen molar-refractivity contribution in [2.45, 2.75) is 32.9 Å². The normalized spacial score (nSPS) is 20.8. The van der Waals surface area contributed by atoms with Gasteiger partial charge in [0.05, 0.1) is 5.92 Å². The van der Waals surface area contributed by atoms with Crippen molar-refractivity contribution in [3.05, 3.63) is 0 Å². The van der Waals surface area contributed by atoms with E-state index in [0.29, 0.717) is 13.1 Å². The lowest BCUT2D eigenvalue weighted by molar-refractivity contribution is -0.184. The molecule has 0 unspecified atom stereocenters. The molecule has 0 aromatic rings. The lowest BCUT2D eigenvalue weighted by Crippen LogP contribution is -2.36. The van der Waals surface area contributed by atoms with Gasteiger partial charge < -0.3 is 4.90 Å². The maximum absolute atomic E-state index is 12.0. The molecule has 0 aliphatic carbocycles. The fourth-order valence-corrected chi connectivity index (χ4v) is 1.34. The summed E-state index contributed by atoms with van der Waals surface area (Å²) < 4.78 is 36.1. The zero-order valence-electron chi connectivity index (χ0n) is 8.49. The smallest absolute Gasteiger partial charge is 0.306 e. The molecule has 0 radical (unpaired) electrons. The summed E-state index contributed by atoms with van der Waals surface area (Å²) in [4.78, 5) is 1.93. The Morgan fingerprint density at radius 2 is 1.46 bits per heavy atom. The molecule has 1 aliphatic heterocycles. The molecule has 0 amide bonds. The Hall–Kier alpha value is -0.250. The van der Waals surface area contributed by atoms with Gasteiger partial charge in [0.1, 0.15) is 0 Å². The van der Waals surface area contributed by atoms with Gasteiger partial charge in [0.25, 0.3) is 0 Å². The van der Waals surface area contributed by atoms with Crippen LogP contribution in [0.3, 0.4) is 0 Å². The van der Waals surface area contributed by atoms with E-state index in [0.717, 1.165) is 0 Å². The van der Waals surface area contributed by atoms with Crippen molar-refractivity contribution in [3.8, 4) is 0 Å². The van der Waals surface area contributed by atoms with Crippen LogP contribution in [0.4, 0.5) is 13.2 Å². The van der Waals surface area contributed by atoms with Crippen LogP contribution in [0.15, 0.2) is 0 Å². The second-order valence-corrected chi connectivity index (χ2v) is 3.12. The first-order valence-electron chi connectivity index (χ1n) is 4.75. The molecule has 0 aromatic heterocycles. The molecule has 4 heteroatoms. The summed E-state index contributed by atoms with van der Waals surface area (Å²) in [5, 5.41) is 0. The monoisotopic (exact) mass is 197 g/mol. The van der Waals surface area contributed by atoms with E-state index in [9.17, 15) is 13.2 Å². The Balaban J connectivity index is 0.000000671. The second kappa shape index (κ2) is 5.47. The Morgan fingerprint density at radius 3 is 1.77 bits per heavy atom. The average molecular weight is 197 g/mol. The zero-order valence-corrected chi connectivity index (χ0v) is 8.49. The van der Waals surface area contributed by atoms with E-state index in [-0.39, 0.29) is 12.8 Å². The van der Waals surface area contributed by atoms with Crippen molar-refractivity contribution in [1.82, 2.24) is 4.90 Å². The minimum absolute atomic E-state index is 0.264. The Bertz CT molecular complexity index is 125. The minimum atomic E-state index is -3.97. The summed E-state index contributed by atoms with van der Waals surface area (Å²) >= 11 is 0. The largest absolute Gasteiger partial charge is 0.391 e.